The highest BCUT2D eigenvalue weighted by Crippen LogP contribution is 2.29. The Morgan fingerprint density at radius 3 is 2.82 bits per heavy atom. The predicted molar refractivity (Wildman–Crippen MR) is 81.1 cm³/mol. The molecular weight excluding hydrogens is 333 g/mol. The molecule has 10 heteroatoms. The minimum absolute atomic E-state index is 0.112. The maximum absolute atomic E-state index is 11.9. The van der Waals surface area contributed by atoms with Crippen LogP contribution in [0, 0.1) is 0 Å². The second-order valence-corrected chi connectivity index (χ2v) is 4.85. The van der Waals surface area contributed by atoms with Crippen LogP contribution in [-0.2, 0) is 16.1 Å². The van der Waals surface area contributed by atoms with E-state index in [0.29, 0.717) is 10.7 Å². The summed E-state index contributed by atoms with van der Waals surface area (Å²) < 4.78 is 5.66. The van der Waals surface area contributed by atoms with E-state index < -0.39 is 6.09 Å². The summed E-state index contributed by atoms with van der Waals surface area (Å²) >= 11 is 11.8. The fourth-order valence-electron chi connectivity index (χ4n) is 1.53. The van der Waals surface area contributed by atoms with Crippen LogP contribution in [0.5, 0.6) is 0 Å². The number of methoxy groups -OCH3 is 1. The lowest BCUT2D eigenvalue weighted by Crippen LogP contribution is -2.19. The lowest BCUT2D eigenvalue weighted by Gasteiger charge is -2.07. The topological polar surface area (TPSA) is 98.1 Å². The van der Waals surface area contributed by atoms with E-state index in [2.05, 4.69) is 25.7 Å². The first-order chi connectivity index (χ1) is 10.5. The van der Waals surface area contributed by atoms with Gasteiger partial charge in [-0.05, 0) is 12.1 Å². The molecule has 0 aliphatic rings. The summed E-state index contributed by atoms with van der Waals surface area (Å²) in [5.74, 6) is -0.209. The third kappa shape index (κ3) is 4.09. The maximum atomic E-state index is 11.9. The zero-order valence-electron chi connectivity index (χ0n) is 11.3. The summed E-state index contributed by atoms with van der Waals surface area (Å²) in [5.41, 5.74) is 0.396. The number of amides is 2. The normalized spacial score (nSPS) is 10.1. The molecule has 1 aromatic carbocycles. The van der Waals surface area contributed by atoms with Gasteiger partial charge in [0.2, 0.25) is 5.91 Å². The van der Waals surface area contributed by atoms with E-state index in [9.17, 15) is 9.59 Å². The number of carbonyl (C=O) groups excluding carboxylic acids is 2. The van der Waals surface area contributed by atoms with Gasteiger partial charge in [0.15, 0.2) is 5.82 Å². The van der Waals surface area contributed by atoms with Crippen molar-refractivity contribution in [3.63, 3.8) is 0 Å². The number of halogens is 2. The first-order valence-corrected chi connectivity index (χ1v) is 6.74. The molecule has 0 saturated carbocycles. The van der Waals surface area contributed by atoms with Crippen molar-refractivity contribution in [2.24, 2.45) is 0 Å². The Morgan fingerprint density at radius 2 is 2.09 bits per heavy atom. The number of carbonyl (C=O) groups is 2. The van der Waals surface area contributed by atoms with Crippen LogP contribution in [0.3, 0.4) is 0 Å². The zero-order chi connectivity index (χ0) is 16.1. The molecule has 0 saturated heterocycles. The molecule has 116 valence electrons. The molecule has 0 spiro atoms. The van der Waals surface area contributed by atoms with Crippen LogP contribution in [0.1, 0.15) is 0 Å². The maximum Gasteiger partial charge on any atom is 0.412 e. The van der Waals surface area contributed by atoms with Crippen molar-refractivity contribution >= 4 is 46.7 Å². The highest BCUT2D eigenvalue weighted by molar-refractivity contribution is 6.43. The molecule has 0 fully saturated rings. The molecule has 0 bridgehead atoms. The molecule has 2 rings (SSSR count). The Balaban J connectivity index is 1.97. The van der Waals surface area contributed by atoms with E-state index in [-0.39, 0.29) is 23.3 Å². The highest BCUT2D eigenvalue weighted by Gasteiger charge is 2.11. The van der Waals surface area contributed by atoms with Crippen LogP contribution in [0.4, 0.5) is 16.3 Å². The van der Waals surface area contributed by atoms with Gasteiger partial charge in [0.25, 0.3) is 0 Å². The number of rotatable bonds is 4. The molecule has 22 heavy (non-hydrogen) atoms. The van der Waals surface area contributed by atoms with Crippen LogP contribution in [0.2, 0.25) is 10.0 Å². The number of hydrogen-bond donors (Lipinski definition) is 2. The summed E-state index contributed by atoms with van der Waals surface area (Å²) in [5, 5.41) is 12.9. The fraction of sp³-hybridized carbons (Fsp3) is 0.167. The average Bonchev–Trinajstić information content (AvgIpc) is 2.90. The third-order valence-corrected chi connectivity index (χ3v) is 3.30. The molecular formula is C12H11Cl2N5O3. The quantitative estimate of drug-likeness (QED) is 0.888. The second-order valence-electron chi connectivity index (χ2n) is 4.07. The standard InChI is InChI=1S/C12H11Cl2N5O3/c1-22-12(21)16-9-5-19(18-17-9)6-10(20)15-8-4-2-3-7(13)11(8)14/h2-5H,6H2,1H3,(H,15,20)(H,16,21). The van der Waals surface area contributed by atoms with Crippen molar-refractivity contribution in [3.8, 4) is 0 Å². The second kappa shape index (κ2) is 7.10. The Labute approximate surface area is 135 Å². The van der Waals surface area contributed by atoms with Gasteiger partial charge in [-0.15, -0.1) is 5.10 Å². The molecule has 2 amide bonds. The largest absolute Gasteiger partial charge is 0.453 e. The van der Waals surface area contributed by atoms with Gasteiger partial charge in [-0.25, -0.2) is 9.48 Å². The van der Waals surface area contributed by atoms with E-state index in [0.717, 1.165) is 0 Å². The van der Waals surface area contributed by atoms with Gasteiger partial charge in [0.1, 0.15) is 6.54 Å². The number of aromatic nitrogens is 3. The molecule has 0 atom stereocenters. The minimum Gasteiger partial charge on any atom is -0.453 e. The van der Waals surface area contributed by atoms with Crippen molar-refractivity contribution in [1.82, 2.24) is 15.0 Å². The van der Waals surface area contributed by atoms with E-state index in [1.165, 1.54) is 18.0 Å². The van der Waals surface area contributed by atoms with Gasteiger partial charge in [0.05, 0.1) is 29.0 Å². The molecule has 1 heterocycles. The predicted octanol–water partition coefficient (Wildman–Crippen LogP) is 2.40. The Morgan fingerprint density at radius 1 is 1.32 bits per heavy atom. The molecule has 0 radical (unpaired) electrons. The lowest BCUT2D eigenvalue weighted by molar-refractivity contribution is -0.116. The number of benzene rings is 1. The number of anilines is 2. The van der Waals surface area contributed by atoms with Crippen LogP contribution in [0.15, 0.2) is 24.4 Å². The van der Waals surface area contributed by atoms with Crippen LogP contribution in [0.25, 0.3) is 0 Å². The van der Waals surface area contributed by atoms with Gasteiger partial charge in [0, 0.05) is 0 Å². The van der Waals surface area contributed by atoms with Crippen LogP contribution < -0.4 is 10.6 Å². The zero-order valence-corrected chi connectivity index (χ0v) is 12.9. The van der Waals surface area contributed by atoms with Gasteiger partial charge in [-0.1, -0.05) is 34.5 Å². The van der Waals surface area contributed by atoms with E-state index in [4.69, 9.17) is 23.2 Å². The van der Waals surface area contributed by atoms with Gasteiger partial charge >= 0.3 is 6.09 Å². The molecule has 8 nitrogen and oxygen atoms in total. The number of hydrogen-bond acceptors (Lipinski definition) is 5. The van der Waals surface area contributed by atoms with E-state index in [1.807, 2.05) is 0 Å². The van der Waals surface area contributed by atoms with Crippen molar-refractivity contribution in [3.05, 3.63) is 34.4 Å². The van der Waals surface area contributed by atoms with Gasteiger partial charge in [-0.2, -0.15) is 0 Å². The van der Waals surface area contributed by atoms with Crippen LogP contribution in [-0.4, -0.2) is 34.1 Å². The first-order valence-electron chi connectivity index (χ1n) is 5.98. The average molecular weight is 344 g/mol. The summed E-state index contributed by atoms with van der Waals surface area (Å²) in [6, 6.07) is 4.90. The molecule has 1 aromatic heterocycles. The smallest absolute Gasteiger partial charge is 0.412 e. The summed E-state index contributed by atoms with van der Waals surface area (Å²) in [4.78, 5) is 22.9. The van der Waals surface area contributed by atoms with E-state index >= 15 is 0 Å². The summed E-state index contributed by atoms with van der Waals surface area (Å²) in [6.45, 7) is -0.112. The molecule has 0 aliphatic carbocycles. The Hall–Kier alpha value is -2.32. The van der Waals surface area contributed by atoms with Gasteiger partial charge in [-0.3, -0.25) is 10.1 Å². The Bertz CT molecular complexity index is 704. The van der Waals surface area contributed by atoms with Crippen LogP contribution >= 0.6 is 23.2 Å². The molecule has 0 aliphatic heterocycles. The van der Waals surface area contributed by atoms with Crippen molar-refractivity contribution in [1.29, 1.82) is 0 Å². The number of nitrogens with zero attached hydrogens (tertiary/aromatic N) is 3. The monoisotopic (exact) mass is 343 g/mol. The van der Waals surface area contributed by atoms with Crippen molar-refractivity contribution < 1.29 is 14.3 Å². The van der Waals surface area contributed by atoms with Gasteiger partial charge < -0.3 is 10.1 Å². The number of ether oxygens (including phenoxy) is 1. The Kier molecular flexibility index (Phi) is 5.18. The van der Waals surface area contributed by atoms with Crippen molar-refractivity contribution in [2.45, 2.75) is 6.54 Å². The summed E-state index contributed by atoms with van der Waals surface area (Å²) in [6.07, 6.45) is 0.706. The highest BCUT2D eigenvalue weighted by atomic mass is 35.5. The molecule has 2 aromatic rings. The van der Waals surface area contributed by atoms with E-state index in [1.54, 1.807) is 18.2 Å². The lowest BCUT2D eigenvalue weighted by atomic mass is 10.3. The molecule has 2 N–H and O–H groups in total. The first kappa shape index (κ1) is 16.1. The number of nitrogens with one attached hydrogen (secondary N) is 2. The minimum atomic E-state index is -0.679. The SMILES string of the molecule is COC(=O)Nc1cn(CC(=O)Nc2cccc(Cl)c2Cl)nn1. The summed E-state index contributed by atoms with van der Waals surface area (Å²) in [7, 11) is 1.22. The third-order valence-electron chi connectivity index (χ3n) is 2.49. The fourth-order valence-corrected chi connectivity index (χ4v) is 1.87. The van der Waals surface area contributed by atoms with Crippen molar-refractivity contribution in [2.75, 3.05) is 17.7 Å². The molecule has 0 unspecified atom stereocenters.